The summed E-state index contributed by atoms with van der Waals surface area (Å²) in [7, 11) is -9.22. The maximum absolute atomic E-state index is 13.7. The van der Waals surface area contributed by atoms with Gasteiger partial charge in [0.15, 0.2) is 0 Å². The van der Waals surface area contributed by atoms with Crippen LogP contribution in [0.2, 0.25) is 25.7 Å². The summed E-state index contributed by atoms with van der Waals surface area (Å²) in [6.45, 7) is 14.1. The molecule has 0 atom stereocenters. The highest BCUT2D eigenvalue weighted by atomic mass is 32.2. The van der Waals surface area contributed by atoms with Crippen LogP contribution < -0.4 is 10.6 Å². The first kappa shape index (κ1) is 49.7. The van der Waals surface area contributed by atoms with E-state index in [1.807, 2.05) is 0 Å². The molecule has 0 fully saturated rings. The third-order valence-corrected chi connectivity index (χ3v) is 18.7. The Balaban J connectivity index is 0.000000178. The Labute approximate surface area is 412 Å². The average Bonchev–Trinajstić information content (AvgIpc) is 4.17. The minimum absolute atomic E-state index is 0.0481. The first-order chi connectivity index (χ1) is 33.1. The molecule has 2 heterocycles. The number of aryl methyl sites for hydroxylation is 4. The molecular formula is C52H66N8O7S2Si. The number of ether oxygens (including phenoxy) is 1. The van der Waals surface area contributed by atoms with Crippen molar-refractivity contribution in [3.05, 3.63) is 116 Å². The second-order valence-corrected chi connectivity index (χ2v) is 30.8. The summed E-state index contributed by atoms with van der Waals surface area (Å²) in [4.78, 5) is 8.93. The lowest BCUT2D eigenvalue weighted by atomic mass is 9.99. The zero-order valence-electron chi connectivity index (χ0n) is 41.4. The van der Waals surface area contributed by atoms with E-state index in [-0.39, 0.29) is 32.8 Å². The summed E-state index contributed by atoms with van der Waals surface area (Å²) < 4.78 is 61.1. The Morgan fingerprint density at radius 1 is 0.657 bits per heavy atom. The number of rotatable bonds is 15. The normalized spacial score (nSPS) is 15.6. The van der Waals surface area contributed by atoms with Gasteiger partial charge in [-0.3, -0.25) is 0 Å². The van der Waals surface area contributed by atoms with Gasteiger partial charge >= 0.3 is 0 Å². The topological polar surface area (TPSA) is 214 Å². The van der Waals surface area contributed by atoms with E-state index < -0.39 is 39.0 Å². The molecule has 10 rings (SSSR count). The Kier molecular flexibility index (Phi) is 13.5. The predicted molar refractivity (Wildman–Crippen MR) is 272 cm³/mol. The van der Waals surface area contributed by atoms with Crippen LogP contribution in [0, 0.1) is 0 Å². The maximum Gasteiger partial charge on any atom is 0.273 e. The van der Waals surface area contributed by atoms with Gasteiger partial charge in [-0.05, 0) is 191 Å². The van der Waals surface area contributed by atoms with Gasteiger partial charge in [-0.25, -0.2) is 26.6 Å². The third-order valence-electron chi connectivity index (χ3n) is 13.9. The molecule has 0 bridgehead atoms. The lowest BCUT2D eigenvalue weighted by Gasteiger charge is -2.18. The van der Waals surface area contributed by atoms with Gasteiger partial charge in [0, 0.05) is 26.1 Å². The predicted octanol–water partition coefficient (Wildman–Crippen LogP) is 8.96. The molecule has 4 aromatic carbocycles. The van der Waals surface area contributed by atoms with E-state index in [2.05, 4.69) is 67.7 Å². The second kappa shape index (κ2) is 19.1. The minimum Gasteiger partial charge on any atom is -0.386 e. The molecule has 0 amide bonds. The Morgan fingerprint density at radius 3 is 1.60 bits per heavy atom. The molecule has 0 spiro atoms. The van der Waals surface area contributed by atoms with Crippen LogP contribution in [0.4, 0.5) is 23.3 Å². The van der Waals surface area contributed by atoms with E-state index in [1.54, 1.807) is 52.0 Å². The number of hydrogen-bond acceptors (Lipinski definition) is 13. The van der Waals surface area contributed by atoms with Crippen LogP contribution in [0.1, 0.15) is 109 Å². The fraction of sp³-hybridized carbons (Fsp3) is 0.462. The van der Waals surface area contributed by atoms with Gasteiger partial charge in [0.25, 0.3) is 5.16 Å². The van der Waals surface area contributed by atoms with Crippen LogP contribution in [0.3, 0.4) is 0 Å². The molecule has 372 valence electrons. The van der Waals surface area contributed by atoms with Crippen molar-refractivity contribution in [2.75, 3.05) is 17.2 Å². The van der Waals surface area contributed by atoms with Gasteiger partial charge in [-0.15, -0.1) is 10.2 Å². The molecule has 0 saturated heterocycles. The molecule has 5 N–H and O–H groups in total. The van der Waals surface area contributed by atoms with Gasteiger partial charge in [-0.2, -0.15) is 9.97 Å². The monoisotopic (exact) mass is 1010 g/mol. The van der Waals surface area contributed by atoms with E-state index in [9.17, 15) is 27.0 Å². The van der Waals surface area contributed by atoms with Crippen molar-refractivity contribution in [2.45, 2.75) is 168 Å². The molecule has 0 unspecified atom stereocenters. The SMILES string of the molecule is CC(C)(O)c1cccc(S(=O)(=O)c2nc(Nc3c4c(cc5c3CCC5)CCC4)n(COCC[Si](C)(C)C)n2)c1.CC(C)(O)c1cccc(S(=O)(=O)c2nc(Nc3c4c(cc5c3CCC5)CCC4)n[nH]2)c1. The zero-order valence-corrected chi connectivity index (χ0v) is 44.0. The van der Waals surface area contributed by atoms with Crippen molar-refractivity contribution in [3.8, 4) is 0 Å². The van der Waals surface area contributed by atoms with Crippen molar-refractivity contribution in [2.24, 2.45) is 0 Å². The number of nitrogens with one attached hydrogen (secondary N) is 3. The van der Waals surface area contributed by atoms with E-state index in [0.29, 0.717) is 23.7 Å². The largest absolute Gasteiger partial charge is 0.386 e. The zero-order chi connectivity index (χ0) is 49.8. The van der Waals surface area contributed by atoms with Crippen molar-refractivity contribution >= 4 is 51.0 Å². The van der Waals surface area contributed by atoms with E-state index >= 15 is 0 Å². The Morgan fingerprint density at radius 2 is 1.13 bits per heavy atom. The number of anilines is 4. The fourth-order valence-electron chi connectivity index (χ4n) is 10.0. The van der Waals surface area contributed by atoms with Crippen LogP contribution in [0.15, 0.2) is 80.8 Å². The number of nitrogens with zero attached hydrogens (tertiary/aromatic N) is 5. The number of aliphatic hydroxyl groups is 2. The molecule has 2 aromatic heterocycles. The van der Waals surface area contributed by atoms with Crippen molar-refractivity contribution in [1.29, 1.82) is 0 Å². The van der Waals surface area contributed by atoms with Crippen LogP contribution in [0.25, 0.3) is 0 Å². The van der Waals surface area contributed by atoms with E-state index in [1.165, 1.54) is 73.5 Å². The first-order valence-corrected chi connectivity index (χ1v) is 31.2. The van der Waals surface area contributed by atoms with Crippen LogP contribution in [0.5, 0.6) is 0 Å². The van der Waals surface area contributed by atoms with E-state index in [4.69, 9.17) is 4.74 Å². The number of aromatic nitrogens is 6. The van der Waals surface area contributed by atoms with Crippen LogP contribution in [-0.2, 0) is 93.7 Å². The smallest absolute Gasteiger partial charge is 0.273 e. The molecule has 4 aliphatic carbocycles. The van der Waals surface area contributed by atoms with Gasteiger partial charge in [0.1, 0.15) is 6.73 Å². The van der Waals surface area contributed by atoms with Gasteiger partial charge in [0.2, 0.25) is 36.7 Å². The number of sulfone groups is 2. The molecule has 18 heteroatoms. The molecule has 4 aliphatic rings. The maximum atomic E-state index is 13.7. The lowest BCUT2D eigenvalue weighted by molar-refractivity contribution is 0.0778. The standard InChI is InChI=1S/C29H40N4O4SSi.C23H26N4O3S/c1-29(2,34)22-11-8-12-23(18-22)38(35,36)28-31-27(33(32-28)19-37-15-16-39(3,4)5)30-26-24-13-6-9-20(24)17-21-10-7-14-25(21)26;1-23(2,28)16-8-5-9-17(13-16)31(29,30)22-25-21(26-27-22)24-20-18-10-3-6-14(18)12-15-7-4-11-19(15)20/h8,11-12,17-18,34H,6-7,9-10,13-16,19H2,1-5H3,(H,30,31,32);5,8-9,12-13,28H,3-4,6-7,10-11H2,1-2H3,(H2,24,25,26,27). The van der Waals surface area contributed by atoms with Crippen molar-refractivity contribution in [3.63, 3.8) is 0 Å². The number of hydrogen-bond donors (Lipinski definition) is 5. The summed E-state index contributed by atoms with van der Waals surface area (Å²) >= 11 is 0. The highest BCUT2D eigenvalue weighted by Gasteiger charge is 2.31. The summed E-state index contributed by atoms with van der Waals surface area (Å²) in [5.41, 5.74) is 11.6. The van der Waals surface area contributed by atoms with Crippen LogP contribution in [-0.4, -0.2) is 71.7 Å². The Hall–Kier alpha value is -5.24. The van der Waals surface area contributed by atoms with Crippen LogP contribution >= 0.6 is 0 Å². The number of fused-ring (bicyclic) bond motifs is 4. The van der Waals surface area contributed by atoms with Gasteiger partial charge in [0.05, 0.1) is 21.0 Å². The molecule has 0 radical (unpaired) electrons. The summed E-state index contributed by atoms with van der Waals surface area (Å²) in [5, 5.41) is 38.2. The highest BCUT2D eigenvalue weighted by molar-refractivity contribution is 7.91. The lowest BCUT2D eigenvalue weighted by Crippen LogP contribution is -2.22. The summed E-state index contributed by atoms with van der Waals surface area (Å²) in [6, 6.07) is 18.3. The number of benzene rings is 4. The van der Waals surface area contributed by atoms with Crippen molar-refractivity contribution in [1.82, 2.24) is 29.9 Å². The van der Waals surface area contributed by atoms with E-state index in [0.717, 1.165) is 94.5 Å². The number of aromatic amines is 1. The second-order valence-electron chi connectivity index (χ2n) is 21.4. The highest BCUT2D eigenvalue weighted by Crippen LogP contribution is 2.42. The first-order valence-electron chi connectivity index (χ1n) is 24.5. The van der Waals surface area contributed by atoms with Crippen molar-refractivity contribution < 1.29 is 31.8 Å². The summed E-state index contributed by atoms with van der Waals surface area (Å²) in [5.74, 6) is 0.626. The molecule has 0 saturated carbocycles. The third kappa shape index (κ3) is 10.4. The molecule has 15 nitrogen and oxygen atoms in total. The average molecular weight is 1010 g/mol. The molecule has 0 aliphatic heterocycles. The summed E-state index contributed by atoms with van der Waals surface area (Å²) in [6.07, 6.45) is 12.9. The molecule has 6 aromatic rings. The molecule has 70 heavy (non-hydrogen) atoms. The van der Waals surface area contributed by atoms with Gasteiger partial charge in [-0.1, -0.05) is 56.0 Å². The molecular weight excluding hydrogens is 941 g/mol. The quantitative estimate of drug-likeness (QED) is 0.0481. The fourth-order valence-corrected chi connectivity index (χ4v) is 13.1. The minimum atomic E-state index is -4.04. The Bertz CT molecular complexity index is 3120. The number of H-pyrrole nitrogens is 1. The van der Waals surface area contributed by atoms with Gasteiger partial charge < -0.3 is 25.6 Å².